The molecule has 1 atom stereocenters. The second-order valence-electron chi connectivity index (χ2n) is 7.54. The van der Waals surface area contributed by atoms with E-state index in [1.807, 2.05) is 24.3 Å². The van der Waals surface area contributed by atoms with E-state index in [0.717, 1.165) is 37.0 Å². The van der Waals surface area contributed by atoms with Crippen LogP contribution >= 0.6 is 0 Å². The first-order chi connectivity index (χ1) is 16.1. The SMILES string of the molecule is OCCOCCOC(CO)COCCCCCCOc1ccc(-c2ccc(O)c(F)c2)cc1. The van der Waals surface area contributed by atoms with E-state index in [0.29, 0.717) is 38.6 Å². The van der Waals surface area contributed by atoms with Crippen molar-refractivity contribution < 1.29 is 38.7 Å². The van der Waals surface area contributed by atoms with Gasteiger partial charge in [-0.3, -0.25) is 0 Å². The molecule has 0 heterocycles. The Hall–Kier alpha value is -2.23. The molecule has 3 N–H and O–H groups in total. The van der Waals surface area contributed by atoms with Gasteiger partial charge in [0.25, 0.3) is 0 Å². The zero-order valence-electron chi connectivity index (χ0n) is 19.0. The maximum atomic E-state index is 13.5. The third-order valence-electron chi connectivity index (χ3n) is 4.91. The monoisotopic (exact) mass is 466 g/mol. The van der Waals surface area contributed by atoms with Gasteiger partial charge in [-0.1, -0.05) is 24.6 Å². The lowest BCUT2D eigenvalue weighted by atomic mass is 10.1. The molecular formula is C25H35FO7. The minimum atomic E-state index is -0.639. The Balaban J connectivity index is 1.50. The molecule has 0 aliphatic rings. The Morgan fingerprint density at radius 3 is 2.18 bits per heavy atom. The Kier molecular flexibility index (Phi) is 13.4. The highest BCUT2D eigenvalue weighted by Crippen LogP contribution is 2.26. The molecule has 8 heteroatoms. The molecule has 2 rings (SSSR count). The van der Waals surface area contributed by atoms with E-state index in [9.17, 15) is 14.6 Å². The van der Waals surface area contributed by atoms with Gasteiger partial charge >= 0.3 is 0 Å². The highest BCUT2D eigenvalue weighted by Gasteiger charge is 2.08. The van der Waals surface area contributed by atoms with Gasteiger partial charge in [-0.25, -0.2) is 4.39 Å². The average Bonchev–Trinajstić information content (AvgIpc) is 2.83. The smallest absolute Gasteiger partial charge is 0.165 e. The molecule has 7 nitrogen and oxygen atoms in total. The number of halogens is 1. The largest absolute Gasteiger partial charge is 0.505 e. The first-order valence-corrected chi connectivity index (χ1v) is 11.3. The number of phenols is 1. The number of hydrogen-bond donors (Lipinski definition) is 3. The summed E-state index contributed by atoms with van der Waals surface area (Å²) in [5, 5.41) is 27.2. The highest BCUT2D eigenvalue weighted by atomic mass is 19.1. The van der Waals surface area contributed by atoms with Crippen LogP contribution in [0.4, 0.5) is 4.39 Å². The fraction of sp³-hybridized carbons (Fsp3) is 0.520. The number of hydrogen-bond acceptors (Lipinski definition) is 7. The zero-order valence-corrected chi connectivity index (χ0v) is 19.0. The summed E-state index contributed by atoms with van der Waals surface area (Å²) in [5.74, 6) is -0.233. The lowest BCUT2D eigenvalue weighted by Crippen LogP contribution is -2.26. The fourth-order valence-corrected chi connectivity index (χ4v) is 3.09. The fourth-order valence-electron chi connectivity index (χ4n) is 3.09. The van der Waals surface area contributed by atoms with Crippen molar-refractivity contribution in [1.29, 1.82) is 0 Å². The molecule has 0 spiro atoms. The van der Waals surface area contributed by atoms with Gasteiger partial charge in [0.1, 0.15) is 11.9 Å². The highest BCUT2D eigenvalue weighted by molar-refractivity contribution is 5.65. The van der Waals surface area contributed by atoms with Crippen LogP contribution in [0, 0.1) is 5.82 Å². The number of benzene rings is 2. The number of ether oxygens (including phenoxy) is 4. The van der Waals surface area contributed by atoms with Crippen molar-refractivity contribution >= 4 is 0 Å². The summed E-state index contributed by atoms with van der Waals surface area (Å²) in [5.41, 5.74) is 1.55. The molecule has 0 saturated carbocycles. The molecule has 33 heavy (non-hydrogen) atoms. The van der Waals surface area contributed by atoms with E-state index in [-0.39, 0.29) is 31.7 Å². The second kappa shape index (κ2) is 16.4. The number of phenolic OH excluding ortho intramolecular Hbond substituents is 1. The molecule has 184 valence electrons. The molecule has 2 aromatic rings. The summed E-state index contributed by atoms with van der Waals surface area (Å²) in [7, 11) is 0. The second-order valence-corrected chi connectivity index (χ2v) is 7.54. The Bertz CT molecular complexity index is 770. The van der Waals surface area contributed by atoms with Crippen LogP contribution in [-0.4, -0.2) is 74.3 Å². The molecule has 0 radical (unpaired) electrons. The van der Waals surface area contributed by atoms with Gasteiger partial charge in [-0.2, -0.15) is 0 Å². The number of unbranched alkanes of at least 4 members (excludes halogenated alkanes) is 3. The molecule has 0 bridgehead atoms. The number of aliphatic hydroxyl groups is 2. The minimum absolute atomic E-state index is 0.0168. The average molecular weight is 467 g/mol. The van der Waals surface area contributed by atoms with Crippen LogP contribution in [-0.2, 0) is 14.2 Å². The Morgan fingerprint density at radius 1 is 0.758 bits per heavy atom. The van der Waals surface area contributed by atoms with Gasteiger partial charge in [0.2, 0.25) is 0 Å². The quantitative estimate of drug-likeness (QED) is 0.289. The lowest BCUT2D eigenvalue weighted by Gasteiger charge is -2.15. The van der Waals surface area contributed by atoms with Crippen LogP contribution in [0.25, 0.3) is 11.1 Å². The van der Waals surface area contributed by atoms with Crippen molar-refractivity contribution in [1.82, 2.24) is 0 Å². The van der Waals surface area contributed by atoms with E-state index >= 15 is 0 Å². The van der Waals surface area contributed by atoms with Crippen molar-refractivity contribution in [3.8, 4) is 22.6 Å². The van der Waals surface area contributed by atoms with Crippen molar-refractivity contribution in [2.24, 2.45) is 0 Å². The molecule has 1 unspecified atom stereocenters. The topological polar surface area (TPSA) is 97.6 Å². The van der Waals surface area contributed by atoms with Crippen molar-refractivity contribution in [2.45, 2.75) is 31.8 Å². The van der Waals surface area contributed by atoms with Gasteiger partial charge < -0.3 is 34.3 Å². The maximum Gasteiger partial charge on any atom is 0.165 e. The number of aromatic hydroxyl groups is 1. The molecule has 0 amide bonds. The van der Waals surface area contributed by atoms with E-state index < -0.39 is 5.82 Å². The van der Waals surface area contributed by atoms with E-state index in [4.69, 9.17) is 24.1 Å². The van der Waals surface area contributed by atoms with Crippen LogP contribution in [0.3, 0.4) is 0 Å². The van der Waals surface area contributed by atoms with Gasteiger partial charge in [-0.05, 0) is 54.7 Å². The van der Waals surface area contributed by atoms with Gasteiger partial charge in [0, 0.05) is 6.61 Å². The van der Waals surface area contributed by atoms with Gasteiger partial charge in [-0.15, -0.1) is 0 Å². The molecule has 0 fully saturated rings. The molecule has 0 aliphatic heterocycles. The molecule has 0 saturated heterocycles. The summed E-state index contributed by atoms with van der Waals surface area (Å²) in [6.07, 6.45) is 3.54. The normalized spacial score (nSPS) is 12.1. The Labute approximate surface area is 194 Å². The van der Waals surface area contributed by atoms with Crippen LogP contribution in [0.15, 0.2) is 42.5 Å². The van der Waals surface area contributed by atoms with Crippen molar-refractivity contribution in [2.75, 3.05) is 52.9 Å². The van der Waals surface area contributed by atoms with Crippen molar-refractivity contribution in [3.63, 3.8) is 0 Å². The summed E-state index contributed by atoms with van der Waals surface area (Å²) in [4.78, 5) is 0. The van der Waals surface area contributed by atoms with Crippen LogP contribution in [0.2, 0.25) is 0 Å². The first kappa shape index (κ1) is 27.0. The van der Waals surface area contributed by atoms with Gasteiger partial charge in [0.05, 0.1) is 46.2 Å². The lowest BCUT2D eigenvalue weighted by molar-refractivity contribution is -0.0609. The minimum Gasteiger partial charge on any atom is -0.505 e. The molecule has 0 aromatic heterocycles. The summed E-state index contributed by atoms with van der Waals surface area (Å²) in [6, 6.07) is 11.8. The molecule has 0 aliphatic carbocycles. The third-order valence-corrected chi connectivity index (χ3v) is 4.91. The van der Waals surface area contributed by atoms with Crippen LogP contribution in [0.5, 0.6) is 11.5 Å². The van der Waals surface area contributed by atoms with E-state index in [1.165, 1.54) is 12.1 Å². The Morgan fingerprint density at radius 2 is 1.48 bits per heavy atom. The number of rotatable bonds is 18. The summed E-state index contributed by atoms with van der Waals surface area (Å²) >= 11 is 0. The zero-order chi connectivity index (χ0) is 23.7. The predicted octanol–water partition coefficient (Wildman–Crippen LogP) is 3.54. The molecule has 2 aromatic carbocycles. The standard InChI is InChI=1S/C25H35FO7/c26-24-17-21(7-10-25(24)29)20-5-8-22(9-6-20)32-13-4-2-1-3-12-31-19-23(18-28)33-16-15-30-14-11-27/h5-10,17,23,27-29H,1-4,11-16,18-19H2. The van der Waals surface area contributed by atoms with E-state index in [1.54, 1.807) is 6.07 Å². The van der Waals surface area contributed by atoms with E-state index in [2.05, 4.69) is 0 Å². The summed E-state index contributed by atoms with van der Waals surface area (Å²) in [6.45, 7) is 2.46. The first-order valence-electron chi connectivity index (χ1n) is 11.3. The van der Waals surface area contributed by atoms with Crippen LogP contribution < -0.4 is 4.74 Å². The van der Waals surface area contributed by atoms with Gasteiger partial charge in [0.15, 0.2) is 11.6 Å². The maximum absolute atomic E-state index is 13.5. The number of aliphatic hydroxyl groups excluding tert-OH is 2. The predicted molar refractivity (Wildman–Crippen MR) is 123 cm³/mol. The van der Waals surface area contributed by atoms with Crippen LogP contribution in [0.1, 0.15) is 25.7 Å². The summed E-state index contributed by atoms with van der Waals surface area (Å²) < 4.78 is 35.4. The third kappa shape index (κ3) is 11.0. The molecular weight excluding hydrogens is 431 g/mol. The van der Waals surface area contributed by atoms with Crippen molar-refractivity contribution in [3.05, 3.63) is 48.3 Å².